The molecule has 1 fully saturated rings. The van der Waals surface area contributed by atoms with E-state index in [0.717, 1.165) is 0 Å². The van der Waals surface area contributed by atoms with Crippen molar-refractivity contribution in [2.45, 2.75) is 43.2 Å². The van der Waals surface area contributed by atoms with Crippen LogP contribution < -0.4 is 5.32 Å². The summed E-state index contributed by atoms with van der Waals surface area (Å²) in [5.41, 5.74) is 0.522. The highest BCUT2D eigenvalue weighted by molar-refractivity contribution is 5.80. The van der Waals surface area contributed by atoms with Gasteiger partial charge in [-0.3, -0.25) is 0 Å². The number of amides is 1. The van der Waals surface area contributed by atoms with Gasteiger partial charge < -0.3 is 45.4 Å². The minimum Gasteiger partial charge on any atom is -0.508 e. The van der Waals surface area contributed by atoms with E-state index in [1.165, 1.54) is 24.3 Å². The fourth-order valence-corrected chi connectivity index (χ4v) is 2.51. The topological polar surface area (TPSA) is 186 Å². The number of hydrogen-bond donors (Lipinski definition) is 7. The van der Waals surface area contributed by atoms with Crippen LogP contribution in [0.3, 0.4) is 0 Å². The number of carbonyl (C=O) groups excluding carboxylic acids is 1. The van der Waals surface area contributed by atoms with E-state index >= 15 is 0 Å². The number of phenols is 1. The molecule has 11 nitrogen and oxygen atoms in total. The number of phenolic OH excluding ortho intramolecular Hbond substituents is 1. The van der Waals surface area contributed by atoms with E-state index in [1.54, 1.807) is 0 Å². The molecule has 11 heteroatoms. The molecule has 1 aromatic rings. The number of carboxylic acid groups (broad SMARTS) is 1. The summed E-state index contributed by atoms with van der Waals surface area (Å²) in [5, 5.41) is 58.8. The van der Waals surface area contributed by atoms with E-state index in [9.17, 15) is 35.1 Å². The van der Waals surface area contributed by atoms with E-state index in [2.05, 4.69) is 5.32 Å². The Labute approximate surface area is 153 Å². The quantitative estimate of drug-likeness (QED) is 0.285. The number of alkyl carbamates (subject to hydrolysis) is 1. The van der Waals surface area contributed by atoms with E-state index in [1.807, 2.05) is 0 Å². The summed E-state index contributed by atoms with van der Waals surface area (Å²) in [4.78, 5) is 23.3. The third kappa shape index (κ3) is 5.28. The zero-order valence-electron chi connectivity index (χ0n) is 14.0. The summed E-state index contributed by atoms with van der Waals surface area (Å²) in [7, 11) is 0. The van der Waals surface area contributed by atoms with Crippen molar-refractivity contribution in [3.05, 3.63) is 29.8 Å². The van der Waals surface area contributed by atoms with Crippen molar-refractivity contribution in [2.24, 2.45) is 0 Å². The smallest absolute Gasteiger partial charge is 0.410 e. The molecule has 7 N–H and O–H groups in total. The first-order chi connectivity index (χ1) is 12.7. The highest BCUT2D eigenvalue weighted by Crippen LogP contribution is 2.22. The maximum absolute atomic E-state index is 12.0. The van der Waals surface area contributed by atoms with Crippen LogP contribution in [0.25, 0.3) is 0 Å². The first kappa shape index (κ1) is 20.9. The molecule has 1 saturated heterocycles. The highest BCUT2D eigenvalue weighted by Gasteiger charge is 2.45. The first-order valence-electron chi connectivity index (χ1n) is 8.01. The van der Waals surface area contributed by atoms with Gasteiger partial charge >= 0.3 is 12.1 Å². The van der Waals surface area contributed by atoms with Crippen LogP contribution in [0.5, 0.6) is 5.75 Å². The lowest BCUT2D eigenvalue weighted by atomic mass is 9.99. The Bertz CT molecular complexity index is 649. The Morgan fingerprint density at radius 3 is 2.30 bits per heavy atom. The van der Waals surface area contributed by atoms with Crippen molar-refractivity contribution in [3.8, 4) is 5.75 Å². The Kier molecular flexibility index (Phi) is 6.93. The number of aliphatic carboxylic acids is 1. The van der Waals surface area contributed by atoms with Crippen LogP contribution in [0.15, 0.2) is 24.3 Å². The van der Waals surface area contributed by atoms with Crippen LogP contribution in [0.4, 0.5) is 4.79 Å². The average Bonchev–Trinajstić information content (AvgIpc) is 2.63. The van der Waals surface area contributed by atoms with Gasteiger partial charge in [0.05, 0.1) is 6.61 Å². The zero-order valence-corrected chi connectivity index (χ0v) is 14.0. The molecule has 0 bridgehead atoms. The van der Waals surface area contributed by atoms with E-state index in [0.29, 0.717) is 5.56 Å². The number of rotatable bonds is 6. The molecule has 6 atom stereocenters. The van der Waals surface area contributed by atoms with Gasteiger partial charge in [-0.15, -0.1) is 0 Å². The second kappa shape index (κ2) is 8.97. The van der Waals surface area contributed by atoms with E-state index in [-0.39, 0.29) is 12.2 Å². The third-order valence-electron chi connectivity index (χ3n) is 4.04. The van der Waals surface area contributed by atoms with Gasteiger partial charge in [0.15, 0.2) is 0 Å². The molecule has 1 heterocycles. The molecular weight excluding hydrogens is 366 g/mol. The molecular formula is C16H21NO10. The van der Waals surface area contributed by atoms with Gasteiger partial charge in [-0.2, -0.15) is 0 Å². The van der Waals surface area contributed by atoms with Crippen molar-refractivity contribution >= 4 is 12.1 Å². The first-order valence-corrected chi connectivity index (χ1v) is 8.01. The molecule has 27 heavy (non-hydrogen) atoms. The molecule has 1 aromatic carbocycles. The van der Waals surface area contributed by atoms with Crippen molar-refractivity contribution < 1.29 is 49.7 Å². The van der Waals surface area contributed by atoms with Gasteiger partial charge in [-0.1, -0.05) is 12.1 Å². The average molecular weight is 387 g/mol. The molecule has 1 unspecified atom stereocenters. The van der Waals surface area contributed by atoms with Crippen LogP contribution in [0.1, 0.15) is 5.56 Å². The van der Waals surface area contributed by atoms with Gasteiger partial charge in [-0.05, 0) is 17.7 Å². The molecule has 0 aromatic heterocycles. The molecule has 0 spiro atoms. The number of nitrogens with one attached hydrogen (secondary N) is 1. The van der Waals surface area contributed by atoms with Crippen molar-refractivity contribution in [1.29, 1.82) is 0 Å². The number of ether oxygens (including phenoxy) is 2. The Balaban J connectivity index is 1.98. The Morgan fingerprint density at radius 1 is 1.11 bits per heavy atom. The molecule has 0 aliphatic carbocycles. The molecule has 0 radical (unpaired) electrons. The number of aromatic hydroxyl groups is 1. The summed E-state index contributed by atoms with van der Waals surface area (Å²) in [6, 6.07) is 4.30. The van der Waals surface area contributed by atoms with Crippen LogP contribution in [-0.4, -0.2) is 86.1 Å². The van der Waals surface area contributed by atoms with Crippen LogP contribution in [0, 0.1) is 0 Å². The summed E-state index contributed by atoms with van der Waals surface area (Å²) < 4.78 is 9.79. The highest BCUT2D eigenvalue weighted by atomic mass is 16.7. The number of carboxylic acids is 1. The normalized spacial score (nSPS) is 29.0. The summed E-state index contributed by atoms with van der Waals surface area (Å²) >= 11 is 0. The lowest BCUT2D eigenvalue weighted by molar-refractivity contribution is -0.285. The zero-order chi connectivity index (χ0) is 20.1. The van der Waals surface area contributed by atoms with Crippen molar-refractivity contribution in [2.75, 3.05) is 6.61 Å². The fourth-order valence-electron chi connectivity index (χ4n) is 2.51. The molecule has 1 aliphatic rings. The minimum absolute atomic E-state index is 0.000566. The Hall–Kier alpha value is -2.44. The number of hydrogen-bond acceptors (Lipinski definition) is 9. The predicted octanol–water partition coefficient (Wildman–Crippen LogP) is -2.09. The van der Waals surface area contributed by atoms with Gasteiger partial charge in [0.25, 0.3) is 0 Å². The monoisotopic (exact) mass is 387 g/mol. The number of aliphatic hydroxyl groups excluding tert-OH is 4. The third-order valence-corrected chi connectivity index (χ3v) is 4.04. The molecule has 1 aliphatic heterocycles. The van der Waals surface area contributed by atoms with Gasteiger partial charge in [0, 0.05) is 6.42 Å². The lowest BCUT2D eigenvalue weighted by Gasteiger charge is -2.39. The maximum Gasteiger partial charge on any atom is 0.410 e. The predicted molar refractivity (Wildman–Crippen MR) is 86.6 cm³/mol. The largest absolute Gasteiger partial charge is 0.508 e. The fraction of sp³-hybridized carbons (Fsp3) is 0.500. The number of benzene rings is 1. The van der Waals surface area contributed by atoms with Gasteiger partial charge in [0.1, 0.15) is 36.2 Å². The molecule has 2 rings (SSSR count). The lowest BCUT2D eigenvalue weighted by Crippen LogP contribution is -2.60. The van der Waals surface area contributed by atoms with Crippen molar-refractivity contribution in [1.82, 2.24) is 5.32 Å². The van der Waals surface area contributed by atoms with E-state index in [4.69, 9.17) is 14.6 Å². The number of aliphatic hydroxyl groups is 4. The maximum atomic E-state index is 12.0. The van der Waals surface area contributed by atoms with Crippen LogP contribution in [0.2, 0.25) is 0 Å². The van der Waals surface area contributed by atoms with Crippen LogP contribution in [-0.2, 0) is 20.7 Å². The minimum atomic E-state index is -1.80. The summed E-state index contributed by atoms with van der Waals surface area (Å²) in [6.07, 6.45) is -9.49. The Morgan fingerprint density at radius 2 is 1.74 bits per heavy atom. The van der Waals surface area contributed by atoms with Crippen molar-refractivity contribution in [3.63, 3.8) is 0 Å². The summed E-state index contributed by atoms with van der Waals surface area (Å²) in [6.45, 7) is -0.703. The molecule has 150 valence electrons. The summed E-state index contributed by atoms with van der Waals surface area (Å²) in [5.74, 6) is -1.35. The molecule has 1 amide bonds. The molecule has 0 saturated carbocycles. The van der Waals surface area contributed by atoms with Gasteiger partial charge in [0.2, 0.25) is 6.29 Å². The number of carbonyl (C=O) groups is 2. The SMILES string of the molecule is O=C(N[C@@H](Cc1ccc(O)cc1)C(=O)O)OC1O[C@H](CO)[C@@H](O)[C@H](O)[C@H]1O. The van der Waals surface area contributed by atoms with E-state index < -0.39 is 55.4 Å². The second-order valence-corrected chi connectivity index (χ2v) is 6.01. The second-order valence-electron chi connectivity index (χ2n) is 6.01. The standard InChI is InChI=1S/C16H21NO10/c18-6-10-11(20)12(21)13(22)15(26-10)27-16(25)17-9(14(23)24)5-7-1-3-8(19)4-2-7/h1-4,9-13,15,18-22H,5-6H2,(H,17,25)(H,23,24)/t9-,10+,11+,12-,13+,15?/m0/s1. The van der Waals surface area contributed by atoms with Crippen LogP contribution >= 0.6 is 0 Å². The van der Waals surface area contributed by atoms with Gasteiger partial charge in [-0.25, -0.2) is 9.59 Å².